The minimum absolute atomic E-state index is 0.360. The minimum Gasteiger partial charge on any atom is -0.772 e. The summed E-state index contributed by atoms with van der Waals surface area (Å²) in [6.07, 6.45) is 11.4. The molecule has 3 unspecified atom stereocenters. The van der Waals surface area contributed by atoms with Crippen LogP contribution in [0.1, 0.15) is 57.8 Å². The first kappa shape index (κ1) is 14.5. The van der Waals surface area contributed by atoms with Crippen LogP contribution in [-0.4, -0.2) is 38.5 Å². The summed E-state index contributed by atoms with van der Waals surface area (Å²) < 4.78 is 21.3. The van der Waals surface area contributed by atoms with Crippen LogP contribution in [0.5, 0.6) is 0 Å². The average Bonchev–Trinajstić information content (AvgIpc) is 2.63. The zero-order valence-corrected chi connectivity index (χ0v) is 12.1. The number of likely N-dealkylation sites (tertiary alicyclic amines) is 1. The SMILES string of the molecule is O=S([O-])CCC1CCCC(N2CCCCC2)CC1. The number of rotatable bonds is 4. The van der Waals surface area contributed by atoms with Crippen molar-refractivity contribution in [2.75, 3.05) is 18.8 Å². The number of nitrogens with zero attached hydrogens (tertiary/aromatic N) is 1. The van der Waals surface area contributed by atoms with Gasteiger partial charge in [-0.1, -0.05) is 30.3 Å². The van der Waals surface area contributed by atoms with Gasteiger partial charge in [0.1, 0.15) is 0 Å². The highest BCUT2D eigenvalue weighted by molar-refractivity contribution is 7.79. The fourth-order valence-electron chi connectivity index (χ4n) is 3.56. The quantitative estimate of drug-likeness (QED) is 0.584. The molecule has 18 heavy (non-hydrogen) atoms. The zero-order valence-electron chi connectivity index (χ0n) is 11.3. The van der Waals surface area contributed by atoms with E-state index in [-0.39, 0.29) is 0 Å². The first-order valence-corrected chi connectivity index (χ1v) is 8.80. The molecule has 4 heteroatoms. The van der Waals surface area contributed by atoms with E-state index in [1.807, 2.05) is 0 Å². The first-order chi connectivity index (χ1) is 8.75. The summed E-state index contributed by atoms with van der Waals surface area (Å²) in [5.74, 6) is 1.01. The summed E-state index contributed by atoms with van der Waals surface area (Å²) in [6, 6.07) is 0.785. The maximum absolute atomic E-state index is 10.6. The highest BCUT2D eigenvalue weighted by Gasteiger charge is 2.24. The molecule has 0 bridgehead atoms. The Morgan fingerprint density at radius 3 is 2.50 bits per heavy atom. The van der Waals surface area contributed by atoms with E-state index in [9.17, 15) is 8.76 Å². The Balaban J connectivity index is 1.75. The molecule has 0 aromatic rings. The van der Waals surface area contributed by atoms with Crippen molar-refractivity contribution in [3.05, 3.63) is 0 Å². The van der Waals surface area contributed by atoms with Crippen LogP contribution in [0.25, 0.3) is 0 Å². The predicted octanol–water partition coefficient (Wildman–Crippen LogP) is 2.69. The van der Waals surface area contributed by atoms with E-state index < -0.39 is 11.1 Å². The van der Waals surface area contributed by atoms with Crippen molar-refractivity contribution in [3.8, 4) is 0 Å². The van der Waals surface area contributed by atoms with Crippen LogP contribution in [0.2, 0.25) is 0 Å². The Hall–Kier alpha value is 0.0700. The maximum Gasteiger partial charge on any atom is 0.0104 e. The average molecular weight is 272 g/mol. The molecule has 1 aliphatic heterocycles. The van der Waals surface area contributed by atoms with Crippen molar-refractivity contribution in [2.24, 2.45) is 5.92 Å². The predicted molar refractivity (Wildman–Crippen MR) is 74.2 cm³/mol. The molecule has 0 aromatic heterocycles. The van der Waals surface area contributed by atoms with Gasteiger partial charge in [-0.25, -0.2) is 0 Å². The number of hydrogen-bond donors (Lipinski definition) is 0. The van der Waals surface area contributed by atoms with Gasteiger partial charge in [0.05, 0.1) is 0 Å². The highest BCUT2D eigenvalue weighted by Crippen LogP contribution is 2.29. The third kappa shape index (κ3) is 4.63. The Bertz CT molecular complexity index is 267. The van der Waals surface area contributed by atoms with E-state index in [0.29, 0.717) is 11.7 Å². The van der Waals surface area contributed by atoms with E-state index in [2.05, 4.69) is 4.90 Å². The van der Waals surface area contributed by atoms with Gasteiger partial charge in [0.15, 0.2) is 0 Å². The summed E-state index contributed by atoms with van der Waals surface area (Å²) in [4.78, 5) is 2.69. The third-order valence-electron chi connectivity index (χ3n) is 4.66. The monoisotopic (exact) mass is 272 g/mol. The lowest BCUT2D eigenvalue weighted by Crippen LogP contribution is -2.38. The van der Waals surface area contributed by atoms with Gasteiger partial charge in [0, 0.05) is 11.8 Å². The van der Waals surface area contributed by atoms with E-state index in [0.717, 1.165) is 12.5 Å². The van der Waals surface area contributed by atoms with Crippen molar-refractivity contribution in [2.45, 2.75) is 63.8 Å². The van der Waals surface area contributed by atoms with Crippen molar-refractivity contribution in [1.29, 1.82) is 0 Å². The second kappa shape index (κ2) is 7.61. The summed E-state index contributed by atoms with van der Waals surface area (Å²) in [5, 5.41) is 0. The summed E-state index contributed by atoms with van der Waals surface area (Å²) in [6.45, 7) is 2.58. The fraction of sp³-hybridized carbons (Fsp3) is 1.00. The normalized spacial score (nSPS) is 32.9. The van der Waals surface area contributed by atoms with Gasteiger partial charge < -0.3 is 9.45 Å². The second-order valence-corrected chi connectivity index (χ2v) is 6.94. The van der Waals surface area contributed by atoms with Crippen LogP contribution in [0, 0.1) is 5.92 Å². The molecular formula is C14H26NO2S-. The Labute approximate surface area is 114 Å². The molecule has 1 saturated carbocycles. The molecule has 3 atom stereocenters. The molecule has 0 N–H and O–H groups in total. The van der Waals surface area contributed by atoms with E-state index in [1.54, 1.807) is 0 Å². The Kier molecular flexibility index (Phi) is 6.12. The highest BCUT2D eigenvalue weighted by atomic mass is 32.2. The van der Waals surface area contributed by atoms with Crippen molar-refractivity contribution >= 4 is 11.1 Å². The van der Waals surface area contributed by atoms with Crippen LogP contribution in [-0.2, 0) is 11.1 Å². The van der Waals surface area contributed by atoms with Crippen molar-refractivity contribution < 1.29 is 8.76 Å². The van der Waals surface area contributed by atoms with Gasteiger partial charge in [0.2, 0.25) is 0 Å². The van der Waals surface area contributed by atoms with Gasteiger partial charge in [-0.3, -0.25) is 4.21 Å². The molecule has 0 spiro atoms. The molecule has 0 radical (unpaired) electrons. The summed E-state index contributed by atoms with van der Waals surface area (Å²) in [7, 11) is 0. The zero-order chi connectivity index (χ0) is 12.8. The molecule has 106 valence electrons. The molecular weight excluding hydrogens is 246 g/mol. The molecule has 2 rings (SSSR count). The second-order valence-electron chi connectivity index (χ2n) is 5.92. The van der Waals surface area contributed by atoms with E-state index >= 15 is 0 Å². The van der Waals surface area contributed by atoms with Gasteiger partial charge in [-0.05, 0) is 57.5 Å². The van der Waals surface area contributed by atoms with Gasteiger partial charge in [0.25, 0.3) is 0 Å². The van der Waals surface area contributed by atoms with Crippen LogP contribution < -0.4 is 0 Å². The number of piperidine rings is 1. The Morgan fingerprint density at radius 1 is 1.00 bits per heavy atom. The van der Waals surface area contributed by atoms with E-state index in [1.165, 1.54) is 64.5 Å². The Morgan fingerprint density at radius 2 is 1.78 bits per heavy atom. The first-order valence-electron chi connectivity index (χ1n) is 7.55. The van der Waals surface area contributed by atoms with Crippen LogP contribution in [0.15, 0.2) is 0 Å². The lowest BCUT2D eigenvalue weighted by atomic mass is 9.97. The molecule has 3 nitrogen and oxygen atoms in total. The van der Waals surface area contributed by atoms with Gasteiger partial charge >= 0.3 is 0 Å². The molecule has 2 fully saturated rings. The van der Waals surface area contributed by atoms with E-state index in [4.69, 9.17) is 0 Å². The number of hydrogen-bond acceptors (Lipinski definition) is 3. The molecule has 0 amide bonds. The summed E-state index contributed by atoms with van der Waals surface area (Å²) >= 11 is -1.85. The lowest BCUT2D eigenvalue weighted by molar-refractivity contribution is 0.148. The van der Waals surface area contributed by atoms with Crippen molar-refractivity contribution in [3.63, 3.8) is 0 Å². The van der Waals surface area contributed by atoms with Gasteiger partial charge in [-0.2, -0.15) is 0 Å². The maximum atomic E-state index is 10.6. The molecule has 2 aliphatic rings. The fourth-order valence-corrected chi connectivity index (χ4v) is 4.08. The third-order valence-corrected chi connectivity index (χ3v) is 5.23. The standard InChI is InChI=1S/C14H27NO2S/c16-18(17)12-9-13-5-4-6-14(8-7-13)15-10-2-1-3-11-15/h13-14H,1-12H2,(H,16,17)/p-1. The molecule has 1 aliphatic carbocycles. The molecule has 0 aromatic carbocycles. The molecule has 1 saturated heterocycles. The largest absolute Gasteiger partial charge is 0.772 e. The lowest BCUT2D eigenvalue weighted by Gasteiger charge is -2.34. The van der Waals surface area contributed by atoms with Crippen LogP contribution >= 0.6 is 0 Å². The minimum atomic E-state index is -1.85. The van der Waals surface area contributed by atoms with Crippen LogP contribution in [0.3, 0.4) is 0 Å². The molecule has 1 heterocycles. The summed E-state index contributed by atoms with van der Waals surface area (Å²) in [5.41, 5.74) is 0. The smallest absolute Gasteiger partial charge is 0.0104 e. The van der Waals surface area contributed by atoms with Crippen molar-refractivity contribution in [1.82, 2.24) is 4.90 Å². The van der Waals surface area contributed by atoms with Gasteiger partial charge in [-0.15, -0.1) is 0 Å². The topological polar surface area (TPSA) is 43.4 Å². The van der Waals surface area contributed by atoms with Crippen LogP contribution in [0.4, 0.5) is 0 Å².